The molecule has 128 valence electrons. The van der Waals surface area contributed by atoms with Crippen LogP contribution in [0.2, 0.25) is 0 Å². The van der Waals surface area contributed by atoms with E-state index >= 15 is 0 Å². The van der Waals surface area contributed by atoms with E-state index in [1.165, 1.54) is 12.8 Å². The van der Waals surface area contributed by atoms with Crippen LogP contribution in [0.25, 0.3) is 10.8 Å². The molecule has 1 unspecified atom stereocenters. The molecule has 3 rings (SSSR count). The van der Waals surface area contributed by atoms with Crippen molar-refractivity contribution in [1.82, 2.24) is 10.2 Å². The van der Waals surface area contributed by atoms with Gasteiger partial charge in [0.05, 0.1) is 6.10 Å². The molecule has 1 atom stereocenters. The lowest BCUT2D eigenvalue weighted by Gasteiger charge is -2.31. The van der Waals surface area contributed by atoms with Crippen LogP contribution < -0.4 is 5.32 Å². The van der Waals surface area contributed by atoms with Crippen molar-refractivity contribution in [3.8, 4) is 0 Å². The third kappa shape index (κ3) is 4.34. The summed E-state index contributed by atoms with van der Waals surface area (Å²) in [5.41, 5.74) is 0.632. The third-order valence-corrected chi connectivity index (χ3v) is 4.86. The summed E-state index contributed by atoms with van der Waals surface area (Å²) in [6.45, 7) is 5.27. The molecule has 2 N–H and O–H groups in total. The van der Waals surface area contributed by atoms with Gasteiger partial charge in [-0.25, -0.2) is 0 Å². The molecule has 0 aromatic heterocycles. The van der Waals surface area contributed by atoms with Crippen molar-refractivity contribution in [2.75, 3.05) is 26.2 Å². The zero-order valence-electron chi connectivity index (χ0n) is 14.2. The lowest BCUT2D eigenvalue weighted by molar-refractivity contribution is 0.0795. The summed E-state index contributed by atoms with van der Waals surface area (Å²) in [4.78, 5) is 14.6. The zero-order chi connectivity index (χ0) is 16.9. The van der Waals surface area contributed by atoms with Gasteiger partial charge in [-0.15, -0.1) is 0 Å². The Morgan fingerprint density at radius 2 is 1.92 bits per heavy atom. The van der Waals surface area contributed by atoms with Crippen LogP contribution in [-0.4, -0.2) is 48.2 Å². The van der Waals surface area contributed by atoms with Crippen LogP contribution in [0, 0.1) is 5.92 Å². The minimum Gasteiger partial charge on any atom is -0.390 e. The molecule has 0 aliphatic carbocycles. The second kappa shape index (κ2) is 7.77. The molecule has 1 heterocycles. The fraction of sp³-hybridized carbons (Fsp3) is 0.450. The average Bonchev–Trinajstić information content (AvgIpc) is 2.61. The van der Waals surface area contributed by atoms with Crippen LogP contribution in [0.1, 0.15) is 30.1 Å². The number of benzene rings is 2. The van der Waals surface area contributed by atoms with Gasteiger partial charge in [-0.1, -0.05) is 37.3 Å². The first kappa shape index (κ1) is 16.9. The molecular formula is C20H26N2O2. The van der Waals surface area contributed by atoms with Crippen molar-refractivity contribution >= 4 is 16.7 Å². The normalized spacial score (nSPS) is 17.8. The quantitative estimate of drug-likeness (QED) is 0.888. The van der Waals surface area contributed by atoms with Crippen LogP contribution in [0.4, 0.5) is 0 Å². The lowest BCUT2D eigenvalue weighted by atomic mass is 9.99. The highest BCUT2D eigenvalue weighted by Gasteiger charge is 2.18. The Morgan fingerprint density at radius 3 is 2.67 bits per heavy atom. The molecule has 1 fully saturated rings. The summed E-state index contributed by atoms with van der Waals surface area (Å²) < 4.78 is 0. The third-order valence-electron chi connectivity index (χ3n) is 4.86. The summed E-state index contributed by atoms with van der Waals surface area (Å²) in [7, 11) is 0. The number of carbonyl (C=O) groups is 1. The van der Waals surface area contributed by atoms with Gasteiger partial charge in [-0.3, -0.25) is 4.79 Å². The topological polar surface area (TPSA) is 52.6 Å². The Balaban J connectivity index is 1.50. The van der Waals surface area contributed by atoms with Gasteiger partial charge in [0.2, 0.25) is 0 Å². The highest BCUT2D eigenvalue weighted by molar-refractivity contribution is 5.98. The predicted molar refractivity (Wildman–Crippen MR) is 97.1 cm³/mol. The Kier molecular flexibility index (Phi) is 5.48. The number of carbonyl (C=O) groups excluding carboxylic acids is 1. The monoisotopic (exact) mass is 326 g/mol. The summed E-state index contributed by atoms with van der Waals surface area (Å²) in [5.74, 6) is 0.651. The van der Waals surface area contributed by atoms with Crippen LogP contribution in [0.5, 0.6) is 0 Å². The largest absolute Gasteiger partial charge is 0.390 e. The summed E-state index contributed by atoms with van der Waals surface area (Å²) in [6, 6.07) is 13.7. The molecule has 2 aromatic rings. The number of β-amino-alcohol motifs (C(OH)–C–C–N with tert-alkyl or cyclic N) is 1. The fourth-order valence-corrected chi connectivity index (χ4v) is 3.25. The molecule has 0 saturated carbocycles. The molecule has 1 aliphatic heterocycles. The van der Waals surface area contributed by atoms with Gasteiger partial charge < -0.3 is 15.3 Å². The van der Waals surface area contributed by atoms with E-state index in [-0.39, 0.29) is 12.5 Å². The molecule has 1 saturated heterocycles. The lowest BCUT2D eigenvalue weighted by Crippen LogP contribution is -2.43. The van der Waals surface area contributed by atoms with Crippen molar-refractivity contribution in [2.24, 2.45) is 5.92 Å². The maximum absolute atomic E-state index is 12.3. The first-order chi connectivity index (χ1) is 11.6. The number of aliphatic hydroxyl groups excluding tert-OH is 1. The highest BCUT2D eigenvalue weighted by Crippen LogP contribution is 2.17. The van der Waals surface area contributed by atoms with E-state index in [4.69, 9.17) is 0 Å². The standard InChI is InChI=1S/C20H26N2O2/c1-15-8-10-22(11-9-15)14-19(23)13-21-20(24)18-7-6-16-4-2-3-5-17(16)12-18/h2-7,12,15,19,23H,8-11,13-14H2,1H3,(H,21,24). The van der Waals surface area contributed by atoms with Gasteiger partial charge in [-0.05, 0) is 54.8 Å². The summed E-state index contributed by atoms with van der Waals surface area (Å²) in [5, 5.41) is 15.2. The molecule has 0 radical (unpaired) electrons. The number of hydrogen-bond acceptors (Lipinski definition) is 3. The van der Waals surface area contributed by atoms with Crippen molar-refractivity contribution in [1.29, 1.82) is 0 Å². The highest BCUT2D eigenvalue weighted by atomic mass is 16.3. The molecule has 24 heavy (non-hydrogen) atoms. The Morgan fingerprint density at radius 1 is 1.21 bits per heavy atom. The number of hydrogen-bond donors (Lipinski definition) is 2. The molecule has 0 bridgehead atoms. The van der Waals surface area contributed by atoms with E-state index in [0.29, 0.717) is 12.1 Å². The zero-order valence-corrected chi connectivity index (χ0v) is 14.2. The van der Waals surface area contributed by atoms with Gasteiger partial charge in [0.25, 0.3) is 5.91 Å². The number of nitrogens with one attached hydrogen (secondary N) is 1. The van der Waals surface area contributed by atoms with E-state index in [9.17, 15) is 9.90 Å². The second-order valence-electron chi connectivity index (χ2n) is 6.91. The Hall–Kier alpha value is -1.91. The van der Waals surface area contributed by atoms with Gasteiger partial charge in [0, 0.05) is 18.7 Å². The molecule has 4 nitrogen and oxygen atoms in total. The van der Waals surface area contributed by atoms with Crippen molar-refractivity contribution < 1.29 is 9.90 Å². The first-order valence-corrected chi connectivity index (χ1v) is 8.79. The molecule has 2 aromatic carbocycles. The number of aliphatic hydroxyl groups is 1. The van der Waals surface area contributed by atoms with Gasteiger partial charge >= 0.3 is 0 Å². The fourth-order valence-electron chi connectivity index (χ4n) is 3.25. The maximum Gasteiger partial charge on any atom is 0.251 e. The number of piperidine rings is 1. The average molecular weight is 326 g/mol. The van der Waals surface area contributed by atoms with Gasteiger partial charge in [-0.2, -0.15) is 0 Å². The number of likely N-dealkylation sites (tertiary alicyclic amines) is 1. The van der Waals surface area contributed by atoms with E-state index in [2.05, 4.69) is 17.1 Å². The first-order valence-electron chi connectivity index (χ1n) is 8.79. The number of fused-ring (bicyclic) bond motifs is 1. The SMILES string of the molecule is CC1CCN(CC(O)CNC(=O)c2ccc3ccccc3c2)CC1. The van der Waals surface area contributed by atoms with E-state index < -0.39 is 6.10 Å². The number of rotatable bonds is 5. The number of amides is 1. The molecule has 0 spiro atoms. The smallest absolute Gasteiger partial charge is 0.251 e. The van der Waals surface area contributed by atoms with Crippen LogP contribution in [0.3, 0.4) is 0 Å². The second-order valence-corrected chi connectivity index (χ2v) is 6.91. The van der Waals surface area contributed by atoms with E-state index in [1.807, 2.05) is 42.5 Å². The summed E-state index contributed by atoms with van der Waals surface area (Å²) >= 11 is 0. The van der Waals surface area contributed by atoms with Gasteiger partial charge in [0.1, 0.15) is 0 Å². The van der Waals surface area contributed by atoms with E-state index in [0.717, 1.165) is 29.8 Å². The summed E-state index contributed by atoms with van der Waals surface area (Å²) in [6.07, 6.45) is 1.86. The molecule has 1 aliphatic rings. The Labute approximate surface area is 143 Å². The van der Waals surface area contributed by atoms with Crippen molar-refractivity contribution in [2.45, 2.75) is 25.9 Å². The molecular weight excluding hydrogens is 300 g/mol. The van der Waals surface area contributed by atoms with Crippen LogP contribution >= 0.6 is 0 Å². The molecule has 1 amide bonds. The Bertz CT molecular complexity index is 693. The van der Waals surface area contributed by atoms with Crippen molar-refractivity contribution in [3.05, 3.63) is 48.0 Å². The van der Waals surface area contributed by atoms with Crippen LogP contribution in [-0.2, 0) is 0 Å². The minimum absolute atomic E-state index is 0.132. The van der Waals surface area contributed by atoms with Crippen molar-refractivity contribution in [3.63, 3.8) is 0 Å². The minimum atomic E-state index is -0.525. The predicted octanol–water partition coefficient (Wildman–Crippen LogP) is 2.66. The molecule has 4 heteroatoms. The van der Waals surface area contributed by atoms with Gasteiger partial charge in [0.15, 0.2) is 0 Å². The van der Waals surface area contributed by atoms with Crippen LogP contribution in [0.15, 0.2) is 42.5 Å². The number of nitrogens with zero attached hydrogens (tertiary/aromatic N) is 1. The maximum atomic E-state index is 12.3. The van der Waals surface area contributed by atoms with E-state index in [1.54, 1.807) is 0 Å².